The Hall–Kier alpha value is -0.870. The van der Waals surface area contributed by atoms with Gasteiger partial charge in [0.05, 0.1) is 11.7 Å². The Morgan fingerprint density at radius 3 is 3.06 bits per heavy atom. The molecule has 1 fully saturated rings. The van der Waals surface area contributed by atoms with Gasteiger partial charge < -0.3 is 5.73 Å². The van der Waals surface area contributed by atoms with Crippen LogP contribution in [0.1, 0.15) is 38.4 Å². The summed E-state index contributed by atoms with van der Waals surface area (Å²) in [6, 6.07) is 2.70. The summed E-state index contributed by atoms with van der Waals surface area (Å²) in [6.45, 7) is 8.39. The summed E-state index contributed by atoms with van der Waals surface area (Å²) in [5.41, 5.74) is 7.04. The van der Waals surface area contributed by atoms with Gasteiger partial charge in [-0.25, -0.2) is 0 Å². The molecule has 4 nitrogen and oxygen atoms in total. The highest BCUT2D eigenvalue weighted by Gasteiger charge is 2.27. The van der Waals surface area contributed by atoms with Crippen molar-refractivity contribution in [2.45, 2.75) is 39.3 Å². The number of hydrogen-bond donors (Lipinski definition) is 1. The second kappa shape index (κ2) is 5.65. The van der Waals surface area contributed by atoms with Crippen molar-refractivity contribution in [3.63, 3.8) is 0 Å². The van der Waals surface area contributed by atoms with Crippen molar-refractivity contribution in [1.29, 1.82) is 0 Å². The van der Waals surface area contributed by atoms with Crippen molar-refractivity contribution in [1.82, 2.24) is 14.7 Å². The van der Waals surface area contributed by atoms with Crippen LogP contribution in [0, 0.1) is 5.92 Å². The van der Waals surface area contributed by atoms with Gasteiger partial charge in [0.1, 0.15) is 0 Å². The molecule has 0 aliphatic carbocycles. The molecule has 1 atom stereocenters. The van der Waals surface area contributed by atoms with E-state index in [2.05, 4.69) is 34.6 Å². The fraction of sp³-hybridized carbons (Fsp3) is 0.769. The second-order valence-electron chi connectivity index (χ2n) is 5.31. The first-order valence-electron chi connectivity index (χ1n) is 6.68. The fourth-order valence-electron chi connectivity index (χ4n) is 2.72. The molecule has 0 aromatic carbocycles. The molecule has 17 heavy (non-hydrogen) atoms. The minimum Gasteiger partial charge on any atom is -0.329 e. The molecule has 0 bridgehead atoms. The quantitative estimate of drug-likeness (QED) is 0.845. The average Bonchev–Trinajstić information content (AvgIpc) is 2.86. The average molecular weight is 236 g/mol. The molecule has 0 radical (unpaired) electrons. The molecule has 1 aromatic heterocycles. The molecule has 1 aliphatic heterocycles. The summed E-state index contributed by atoms with van der Waals surface area (Å²) < 4.78 is 2.17. The van der Waals surface area contributed by atoms with Crippen LogP contribution in [0.15, 0.2) is 12.3 Å². The van der Waals surface area contributed by atoms with E-state index in [-0.39, 0.29) is 0 Å². The van der Waals surface area contributed by atoms with Crippen molar-refractivity contribution >= 4 is 0 Å². The predicted molar refractivity (Wildman–Crippen MR) is 69.7 cm³/mol. The third-order valence-corrected chi connectivity index (χ3v) is 3.41. The Morgan fingerprint density at radius 2 is 2.35 bits per heavy atom. The number of hydrogen-bond acceptors (Lipinski definition) is 3. The third kappa shape index (κ3) is 2.87. The Morgan fingerprint density at radius 1 is 1.53 bits per heavy atom. The maximum absolute atomic E-state index is 5.68. The SMILES string of the molecule is CC(C)Cn1nccc1[C@H]1CCCN1CCN. The van der Waals surface area contributed by atoms with E-state index in [1.807, 2.05) is 6.20 Å². The lowest BCUT2D eigenvalue weighted by Crippen LogP contribution is -2.30. The molecule has 2 heterocycles. The number of likely N-dealkylation sites (tertiary alicyclic amines) is 1. The van der Waals surface area contributed by atoms with Gasteiger partial charge in [-0.2, -0.15) is 5.10 Å². The Bertz CT molecular complexity index is 345. The topological polar surface area (TPSA) is 47.1 Å². The van der Waals surface area contributed by atoms with Crippen molar-refractivity contribution in [3.05, 3.63) is 18.0 Å². The molecule has 0 saturated carbocycles. The van der Waals surface area contributed by atoms with Gasteiger partial charge in [0.25, 0.3) is 0 Å². The van der Waals surface area contributed by atoms with Crippen LogP contribution in [0.3, 0.4) is 0 Å². The van der Waals surface area contributed by atoms with E-state index < -0.39 is 0 Å². The Kier molecular flexibility index (Phi) is 4.18. The molecule has 0 spiro atoms. The van der Waals surface area contributed by atoms with Crippen molar-refractivity contribution in [2.24, 2.45) is 11.7 Å². The summed E-state index contributed by atoms with van der Waals surface area (Å²) in [4.78, 5) is 2.49. The standard InChI is InChI=1S/C13H24N4/c1-11(2)10-17-13(5-7-15-17)12-4-3-8-16(12)9-6-14/h5,7,11-12H,3-4,6,8-10,14H2,1-2H3/t12-/m1/s1. The molecule has 1 aliphatic rings. The smallest absolute Gasteiger partial charge is 0.0555 e. The van der Waals surface area contributed by atoms with E-state index in [1.165, 1.54) is 25.1 Å². The predicted octanol–water partition coefficient (Wildman–Crippen LogP) is 1.63. The van der Waals surface area contributed by atoms with Crippen LogP contribution in [-0.2, 0) is 6.54 Å². The lowest BCUT2D eigenvalue weighted by atomic mass is 10.1. The third-order valence-electron chi connectivity index (χ3n) is 3.41. The molecule has 2 rings (SSSR count). The lowest BCUT2D eigenvalue weighted by molar-refractivity contribution is 0.250. The highest BCUT2D eigenvalue weighted by molar-refractivity contribution is 5.09. The van der Waals surface area contributed by atoms with Crippen LogP contribution in [-0.4, -0.2) is 34.3 Å². The van der Waals surface area contributed by atoms with Gasteiger partial charge in [-0.15, -0.1) is 0 Å². The minimum absolute atomic E-state index is 0.528. The van der Waals surface area contributed by atoms with Gasteiger partial charge in [-0.05, 0) is 31.4 Å². The summed E-state index contributed by atoms with van der Waals surface area (Å²) in [5, 5.41) is 4.45. The molecule has 0 unspecified atom stereocenters. The molecular formula is C13H24N4. The van der Waals surface area contributed by atoms with E-state index in [1.54, 1.807) is 0 Å². The van der Waals surface area contributed by atoms with E-state index in [0.717, 1.165) is 19.6 Å². The zero-order chi connectivity index (χ0) is 12.3. The summed E-state index contributed by atoms with van der Waals surface area (Å²) >= 11 is 0. The molecule has 0 amide bonds. The molecule has 96 valence electrons. The van der Waals surface area contributed by atoms with Gasteiger partial charge in [0.2, 0.25) is 0 Å². The molecular weight excluding hydrogens is 212 g/mol. The largest absolute Gasteiger partial charge is 0.329 e. The zero-order valence-electron chi connectivity index (χ0n) is 11.0. The summed E-state index contributed by atoms with van der Waals surface area (Å²) in [5.74, 6) is 0.637. The maximum Gasteiger partial charge on any atom is 0.0555 e. The Balaban J connectivity index is 2.12. The lowest BCUT2D eigenvalue weighted by Gasteiger charge is -2.25. The fourth-order valence-corrected chi connectivity index (χ4v) is 2.72. The normalized spacial score (nSPS) is 21.5. The summed E-state index contributed by atoms with van der Waals surface area (Å²) in [6.07, 6.45) is 4.44. The van der Waals surface area contributed by atoms with Crippen LogP contribution in [0.4, 0.5) is 0 Å². The van der Waals surface area contributed by atoms with Crippen LogP contribution >= 0.6 is 0 Å². The number of nitrogens with zero attached hydrogens (tertiary/aromatic N) is 3. The minimum atomic E-state index is 0.528. The zero-order valence-corrected chi connectivity index (χ0v) is 11.0. The highest BCUT2D eigenvalue weighted by Crippen LogP contribution is 2.31. The molecule has 1 saturated heterocycles. The van der Waals surface area contributed by atoms with Gasteiger partial charge in [-0.3, -0.25) is 9.58 Å². The first-order valence-corrected chi connectivity index (χ1v) is 6.68. The number of rotatable bonds is 5. The number of nitrogens with two attached hydrogens (primary N) is 1. The van der Waals surface area contributed by atoms with Crippen LogP contribution in [0.5, 0.6) is 0 Å². The van der Waals surface area contributed by atoms with Gasteiger partial charge >= 0.3 is 0 Å². The van der Waals surface area contributed by atoms with Crippen LogP contribution in [0.25, 0.3) is 0 Å². The van der Waals surface area contributed by atoms with Gasteiger partial charge in [0.15, 0.2) is 0 Å². The monoisotopic (exact) mass is 236 g/mol. The summed E-state index contributed by atoms with van der Waals surface area (Å²) in [7, 11) is 0. The van der Waals surface area contributed by atoms with Crippen molar-refractivity contribution in [3.8, 4) is 0 Å². The van der Waals surface area contributed by atoms with E-state index in [0.29, 0.717) is 12.0 Å². The molecule has 2 N–H and O–H groups in total. The highest BCUT2D eigenvalue weighted by atomic mass is 15.3. The van der Waals surface area contributed by atoms with E-state index >= 15 is 0 Å². The second-order valence-corrected chi connectivity index (χ2v) is 5.31. The first kappa shape index (κ1) is 12.6. The van der Waals surface area contributed by atoms with Crippen LogP contribution in [0.2, 0.25) is 0 Å². The van der Waals surface area contributed by atoms with E-state index in [4.69, 9.17) is 5.73 Å². The van der Waals surface area contributed by atoms with Crippen molar-refractivity contribution in [2.75, 3.05) is 19.6 Å². The molecule has 1 aromatic rings. The first-order chi connectivity index (χ1) is 8.22. The Labute approximate surface area is 104 Å². The van der Waals surface area contributed by atoms with Gasteiger partial charge in [-0.1, -0.05) is 13.8 Å². The molecule has 4 heteroatoms. The number of aromatic nitrogens is 2. The van der Waals surface area contributed by atoms with E-state index in [9.17, 15) is 0 Å². The van der Waals surface area contributed by atoms with Crippen molar-refractivity contribution < 1.29 is 0 Å². The van der Waals surface area contributed by atoms with Crippen LogP contribution < -0.4 is 5.73 Å². The maximum atomic E-state index is 5.68. The van der Waals surface area contributed by atoms with Gasteiger partial charge in [0, 0.05) is 25.8 Å².